The predicted octanol–water partition coefficient (Wildman–Crippen LogP) is 3.03. The van der Waals surface area contributed by atoms with E-state index in [-0.39, 0.29) is 12.6 Å². The van der Waals surface area contributed by atoms with Crippen LogP contribution in [0.3, 0.4) is 0 Å². The summed E-state index contributed by atoms with van der Waals surface area (Å²) in [5.41, 5.74) is 3.01. The van der Waals surface area contributed by atoms with Gasteiger partial charge in [-0.15, -0.1) is 0 Å². The second kappa shape index (κ2) is 7.62. The lowest BCUT2D eigenvalue weighted by molar-refractivity contribution is -0.0434. The number of amides is 2. The molecule has 0 bridgehead atoms. The van der Waals surface area contributed by atoms with E-state index in [1.807, 2.05) is 30.5 Å². The summed E-state index contributed by atoms with van der Waals surface area (Å²) >= 11 is 5.83. The number of pyridine rings is 2. The summed E-state index contributed by atoms with van der Waals surface area (Å²) in [6.07, 6.45) is 5.78. The monoisotopic (exact) mass is 435 g/mol. The van der Waals surface area contributed by atoms with Crippen molar-refractivity contribution in [3.05, 3.63) is 78.0 Å². The highest BCUT2D eigenvalue weighted by Crippen LogP contribution is 2.30. The van der Waals surface area contributed by atoms with E-state index >= 15 is 0 Å². The standard InChI is InChI=1S/C21H18ClN7O2/c1-26-20(30)27(12-14-4-7-19(22)24-10-14)21(31)29(26)16-5-6-18-15(9-16)13-28(25-18)17-3-2-8-23-11-17/h2-11,13,20,30H,12H2,1H3. The Balaban J connectivity index is 1.44. The maximum atomic E-state index is 13.1. The number of hydrogen-bond donors (Lipinski definition) is 1. The number of hydrazine groups is 1. The molecule has 0 aliphatic carbocycles. The maximum absolute atomic E-state index is 13.1. The van der Waals surface area contributed by atoms with E-state index in [0.29, 0.717) is 10.8 Å². The van der Waals surface area contributed by atoms with Crippen molar-refractivity contribution in [2.24, 2.45) is 0 Å². The largest absolute Gasteiger partial charge is 0.359 e. The molecule has 4 heterocycles. The lowest BCUT2D eigenvalue weighted by Gasteiger charge is -2.23. The number of carbonyl (C=O) groups is 1. The lowest BCUT2D eigenvalue weighted by atomic mass is 10.2. The number of halogens is 1. The molecule has 1 unspecified atom stereocenters. The van der Waals surface area contributed by atoms with Crippen LogP contribution in [0.2, 0.25) is 5.15 Å². The maximum Gasteiger partial charge on any atom is 0.342 e. The Hall–Kier alpha value is -3.53. The lowest BCUT2D eigenvalue weighted by Crippen LogP contribution is -2.39. The quantitative estimate of drug-likeness (QED) is 0.495. The minimum absolute atomic E-state index is 0.201. The zero-order valence-corrected chi connectivity index (χ0v) is 17.3. The summed E-state index contributed by atoms with van der Waals surface area (Å²) in [5, 5.41) is 19.4. The first kappa shape index (κ1) is 19.4. The molecule has 1 saturated heterocycles. The molecule has 1 aromatic carbocycles. The topological polar surface area (TPSA) is 90.6 Å². The number of fused-ring (bicyclic) bond motifs is 1. The highest BCUT2D eigenvalue weighted by Gasteiger charge is 2.42. The molecule has 3 aromatic heterocycles. The van der Waals surface area contributed by atoms with Gasteiger partial charge in [-0.05, 0) is 42.0 Å². The van der Waals surface area contributed by atoms with Crippen LogP contribution in [0.1, 0.15) is 5.56 Å². The molecular weight excluding hydrogens is 418 g/mol. The summed E-state index contributed by atoms with van der Waals surface area (Å²) in [4.78, 5) is 22.6. The zero-order chi connectivity index (χ0) is 21.5. The molecule has 10 heteroatoms. The summed E-state index contributed by atoms with van der Waals surface area (Å²) < 4.78 is 1.74. The molecule has 0 spiro atoms. The van der Waals surface area contributed by atoms with Crippen molar-refractivity contribution in [1.82, 2.24) is 29.7 Å². The minimum atomic E-state index is -1.11. The Bertz CT molecular complexity index is 1250. The molecule has 5 rings (SSSR count). The molecule has 31 heavy (non-hydrogen) atoms. The summed E-state index contributed by atoms with van der Waals surface area (Å²) in [6, 6.07) is 12.4. The van der Waals surface area contributed by atoms with Gasteiger partial charge in [0.2, 0.25) is 6.35 Å². The fourth-order valence-corrected chi connectivity index (χ4v) is 3.68. The van der Waals surface area contributed by atoms with Crippen molar-refractivity contribution < 1.29 is 9.90 Å². The van der Waals surface area contributed by atoms with Crippen molar-refractivity contribution in [3.8, 4) is 5.69 Å². The first-order valence-electron chi connectivity index (χ1n) is 9.53. The van der Waals surface area contributed by atoms with Crippen LogP contribution in [-0.2, 0) is 6.54 Å². The molecule has 9 nitrogen and oxygen atoms in total. The van der Waals surface area contributed by atoms with Gasteiger partial charge in [0, 0.05) is 31.0 Å². The Labute approximate surface area is 182 Å². The summed E-state index contributed by atoms with van der Waals surface area (Å²) in [7, 11) is 1.66. The minimum Gasteiger partial charge on any atom is -0.359 e. The molecule has 1 aliphatic heterocycles. The van der Waals surface area contributed by atoms with Gasteiger partial charge in [0.15, 0.2) is 0 Å². The highest BCUT2D eigenvalue weighted by molar-refractivity contribution is 6.29. The van der Waals surface area contributed by atoms with E-state index in [4.69, 9.17) is 11.6 Å². The average molecular weight is 436 g/mol. The molecule has 156 valence electrons. The first-order valence-corrected chi connectivity index (χ1v) is 9.91. The molecule has 1 aliphatic rings. The molecule has 0 radical (unpaired) electrons. The molecule has 1 atom stereocenters. The molecule has 4 aromatic rings. The normalized spacial score (nSPS) is 17.1. The van der Waals surface area contributed by atoms with Crippen molar-refractivity contribution in [3.63, 3.8) is 0 Å². The van der Waals surface area contributed by atoms with Crippen LogP contribution in [-0.4, -0.2) is 54.2 Å². The van der Waals surface area contributed by atoms with Crippen LogP contribution >= 0.6 is 11.6 Å². The highest BCUT2D eigenvalue weighted by atomic mass is 35.5. The van der Waals surface area contributed by atoms with Gasteiger partial charge in [0.05, 0.1) is 29.6 Å². The van der Waals surface area contributed by atoms with Gasteiger partial charge in [-0.25, -0.2) is 19.5 Å². The Morgan fingerprint density at radius 3 is 2.74 bits per heavy atom. The summed E-state index contributed by atoms with van der Waals surface area (Å²) in [5.74, 6) is 0. The number of anilines is 1. The van der Waals surface area contributed by atoms with Crippen molar-refractivity contribution in [2.75, 3.05) is 12.1 Å². The van der Waals surface area contributed by atoms with E-state index < -0.39 is 6.35 Å². The van der Waals surface area contributed by atoms with E-state index in [1.165, 1.54) is 14.9 Å². The molecule has 0 saturated carbocycles. The van der Waals surface area contributed by atoms with Gasteiger partial charge in [-0.3, -0.25) is 9.88 Å². The molecular formula is C21H18ClN7O2. The van der Waals surface area contributed by atoms with Crippen molar-refractivity contribution in [2.45, 2.75) is 12.9 Å². The molecule has 1 N–H and O–H groups in total. The smallest absolute Gasteiger partial charge is 0.342 e. The van der Waals surface area contributed by atoms with Gasteiger partial charge in [-0.1, -0.05) is 17.7 Å². The Morgan fingerprint density at radius 1 is 1.13 bits per heavy atom. The van der Waals surface area contributed by atoms with Crippen LogP contribution in [0, 0.1) is 0 Å². The predicted molar refractivity (Wildman–Crippen MR) is 115 cm³/mol. The first-order chi connectivity index (χ1) is 15.0. The second-order valence-electron chi connectivity index (χ2n) is 7.16. The van der Waals surface area contributed by atoms with Gasteiger partial charge < -0.3 is 5.11 Å². The fraction of sp³-hybridized carbons (Fsp3) is 0.143. The molecule has 1 fully saturated rings. The number of hydrogen-bond acceptors (Lipinski definition) is 6. The number of benzene rings is 1. The number of aliphatic hydroxyl groups is 1. The third-order valence-electron chi connectivity index (χ3n) is 5.14. The van der Waals surface area contributed by atoms with E-state index in [1.54, 1.807) is 48.5 Å². The summed E-state index contributed by atoms with van der Waals surface area (Å²) in [6.45, 7) is 0.201. The van der Waals surface area contributed by atoms with Crippen LogP contribution < -0.4 is 5.01 Å². The number of carbonyl (C=O) groups excluding carboxylic acids is 1. The van der Waals surface area contributed by atoms with Gasteiger partial charge in [0.1, 0.15) is 5.15 Å². The molecule has 2 amide bonds. The average Bonchev–Trinajstić information content (AvgIpc) is 3.30. The fourth-order valence-electron chi connectivity index (χ4n) is 3.57. The van der Waals surface area contributed by atoms with E-state index in [2.05, 4.69) is 15.1 Å². The van der Waals surface area contributed by atoms with Crippen LogP contribution in [0.5, 0.6) is 0 Å². The van der Waals surface area contributed by atoms with Crippen LogP contribution in [0.15, 0.2) is 67.3 Å². The number of urea groups is 1. The van der Waals surface area contributed by atoms with Crippen molar-refractivity contribution in [1.29, 1.82) is 0 Å². The van der Waals surface area contributed by atoms with Crippen LogP contribution in [0.25, 0.3) is 16.6 Å². The van der Waals surface area contributed by atoms with Crippen molar-refractivity contribution >= 4 is 34.2 Å². The third-order valence-corrected chi connectivity index (χ3v) is 5.36. The zero-order valence-electron chi connectivity index (χ0n) is 16.5. The Kier molecular flexibility index (Phi) is 4.78. The number of aliphatic hydroxyl groups excluding tert-OH is 1. The van der Waals surface area contributed by atoms with Gasteiger partial charge >= 0.3 is 6.03 Å². The number of nitrogens with zero attached hydrogens (tertiary/aromatic N) is 7. The number of aromatic nitrogens is 4. The Morgan fingerprint density at radius 2 is 2.00 bits per heavy atom. The second-order valence-corrected chi connectivity index (χ2v) is 7.55. The van der Waals surface area contributed by atoms with Gasteiger partial charge in [0.25, 0.3) is 0 Å². The van der Waals surface area contributed by atoms with E-state index in [9.17, 15) is 9.90 Å². The van der Waals surface area contributed by atoms with Gasteiger partial charge in [-0.2, -0.15) is 10.1 Å². The van der Waals surface area contributed by atoms with Crippen LogP contribution in [0.4, 0.5) is 10.5 Å². The van der Waals surface area contributed by atoms with E-state index in [0.717, 1.165) is 22.2 Å². The SMILES string of the molecule is CN1C(O)N(Cc2ccc(Cl)nc2)C(=O)N1c1ccc2nn(-c3cccnc3)cc2c1. The third kappa shape index (κ3) is 3.48. The number of rotatable bonds is 4.